The number of sulfonamides is 1. The highest BCUT2D eigenvalue weighted by atomic mass is 32.2. The van der Waals surface area contributed by atoms with Crippen molar-refractivity contribution in [2.24, 2.45) is 5.92 Å². The summed E-state index contributed by atoms with van der Waals surface area (Å²) < 4.78 is 43.6. The van der Waals surface area contributed by atoms with Crippen LogP contribution in [0.15, 0.2) is 23.1 Å². The smallest absolute Gasteiger partial charge is 0.324 e. The molecule has 2 aliphatic rings. The van der Waals surface area contributed by atoms with Crippen LogP contribution in [0.4, 0.5) is 0 Å². The Hall–Kier alpha value is -2.33. The summed E-state index contributed by atoms with van der Waals surface area (Å²) in [5.41, 5.74) is 0. The van der Waals surface area contributed by atoms with Gasteiger partial charge in [-0.05, 0) is 30.9 Å². The van der Waals surface area contributed by atoms with E-state index in [2.05, 4.69) is 10.0 Å². The van der Waals surface area contributed by atoms with Gasteiger partial charge in [-0.15, -0.1) is 0 Å². The van der Waals surface area contributed by atoms with Gasteiger partial charge in [0.25, 0.3) is 5.91 Å². The van der Waals surface area contributed by atoms with Gasteiger partial charge in [0.1, 0.15) is 19.3 Å². The third-order valence-electron chi connectivity index (χ3n) is 4.31. The maximum absolute atomic E-state index is 12.7. The first-order valence-electron chi connectivity index (χ1n) is 9.14. The lowest BCUT2D eigenvalue weighted by molar-refractivity contribution is -0.151. The lowest BCUT2D eigenvalue weighted by Crippen LogP contribution is -2.46. The lowest BCUT2D eigenvalue weighted by atomic mass is 10.1. The molecule has 28 heavy (non-hydrogen) atoms. The summed E-state index contributed by atoms with van der Waals surface area (Å²) in [5.74, 6) is -0.790. The Morgan fingerprint density at radius 2 is 1.86 bits per heavy atom. The van der Waals surface area contributed by atoms with Crippen molar-refractivity contribution in [3.8, 4) is 11.5 Å². The molecule has 1 aromatic carbocycles. The van der Waals surface area contributed by atoms with Crippen molar-refractivity contribution >= 4 is 21.9 Å². The van der Waals surface area contributed by atoms with E-state index in [0.29, 0.717) is 24.7 Å². The molecular weight excluding hydrogens is 388 g/mol. The molecule has 9 nitrogen and oxygen atoms in total. The van der Waals surface area contributed by atoms with Gasteiger partial charge in [-0.2, -0.15) is 4.72 Å². The zero-order valence-electron chi connectivity index (χ0n) is 15.8. The van der Waals surface area contributed by atoms with Crippen LogP contribution >= 0.6 is 0 Å². The van der Waals surface area contributed by atoms with E-state index in [1.165, 1.54) is 18.2 Å². The first-order chi connectivity index (χ1) is 13.3. The normalized spacial score (nSPS) is 17.1. The molecule has 1 saturated carbocycles. The quantitative estimate of drug-likeness (QED) is 0.599. The van der Waals surface area contributed by atoms with Gasteiger partial charge in [-0.1, -0.05) is 13.8 Å². The SMILES string of the molecule is CC(C)[C@H](NS(=O)(=O)c1ccc2c(c1)OCCO2)C(=O)OCC(=O)NC1CC1. The Kier molecular flexibility index (Phi) is 6.09. The molecular formula is C18H24N2O7S. The fourth-order valence-electron chi connectivity index (χ4n) is 2.61. The van der Waals surface area contributed by atoms with Gasteiger partial charge in [0.15, 0.2) is 18.1 Å². The predicted octanol–water partition coefficient (Wildman–Crippen LogP) is 0.583. The summed E-state index contributed by atoms with van der Waals surface area (Å²) in [6.45, 7) is 3.65. The largest absolute Gasteiger partial charge is 0.486 e. The number of carbonyl (C=O) groups is 2. The van der Waals surface area contributed by atoms with Gasteiger partial charge in [0.05, 0.1) is 4.90 Å². The van der Waals surface area contributed by atoms with Crippen molar-refractivity contribution in [2.75, 3.05) is 19.8 Å². The lowest BCUT2D eigenvalue weighted by Gasteiger charge is -2.22. The van der Waals surface area contributed by atoms with Gasteiger partial charge in [-0.3, -0.25) is 9.59 Å². The topological polar surface area (TPSA) is 120 Å². The van der Waals surface area contributed by atoms with E-state index in [1.807, 2.05) is 0 Å². The van der Waals surface area contributed by atoms with Crippen LogP contribution in [-0.2, 0) is 24.3 Å². The van der Waals surface area contributed by atoms with E-state index in [0.717, 1.165) is 12.8 Å². The van der Waals surface area contributed by atoms with Crippen molar-refractivity contribution < 1.29 is 32.2 Å². The van der Waals surface area contributed by atoms with Gasteiger partial charge >= 0.3 is 5.97 Å². The highest BCUT2D eigenvalue weighted by Gasteiger charge is 2.31. The zero-order valence-corrected chi connectivity index (χ0v) is 16.6. The average molecular weight is 412 g/mol. The van der Waals surface area contributed by atoms with Crippen LogP contribution in [0.5, 0.6) is 11.5 Å². The van der Waals surface area contributed by atoms with Crippen molar-refractivity contribution in [1.82, 2.24) is 10.0 Å². The summed E-state index contributed by atoms with van der Waals surface area (Å²) in [6.07, 6.45) is 1.84. The molecule has 3 rings (SSSR count). The second-order valence-corrected chi connectivity index (χ2v) is 8.81. The second-order valence-electron chi connectivity index (χ2n) is 7.10. The number of benzene rings is 1. The molecule has 154 valence electrons. The van der Waals surface area contributed by atoms with Gasteiger partial charge < -0.3 is 19.5 Å². The number of ether oxygens (including phenoxy) is 3. The third-order valence-corrected chi connectivity index (χ3v) is 5.75. The van der Waals surface area contributed by atoms with Gasteiger partial charge in [0.2, 0.25) is 10.0 Å². The van der Waals surface area contributed by atoms with Crippen LogP contribution in [0.25, 0.3) is 0 Å². The number of amides is 1. The van der Waals surface area contributed by atoms with E-state index in [1.54, 1.807) is 13.8 Å². The minimum Gasteiger partial charge on any atom is -0.486 e. The molecule has 1 aliphatic heterocycles. The number of fused-ring (bicyclic) bond motifs is 1. The van der Waals surface area contributed by atoms with Crippen LogP contribution in [0.3, 0.4) is 0 Å². The molecule has 1 atom stereocenters. The maximum atomic E-state index is 12.7. The minimum atomic E-state index is -4.02. The standard InChI is InChI=1S/C18H24N2O7S/c1-11(2)17(18(22)27-10-16(21)19-12-3-4-12)20-28(23,24)13-5-6-14-15(9-13)26-8-7-25-14/h5-6,9,11-12,17,20H,3-4,7-8,10H2,1-2H3,(H,19,21)/t17-/m0/s1. The molecule has 2 N–H and O–H groups in total. The molecule has 1 heterocycles. The van der Waals surface area contributed by atoms with E-state index in [4.69, 9.17) is 14.2 Å². The second kappa shape index (κ2) is 8.36. The first kappa shape index (κ1) is 20.4. The molecule has 1 amide bonds. The molecule has 0 radical (unpaired) electrons. The first-order valence-corrected chi connectivity index (χ1v) is 10.6. The summed E-state index contributed by atoms with van der Waals surface area (Å²) in [5, 5.41) is 2.70. The molecule has 1 fully saturated rings. The van der Waals surface area contributed by atoms with Crippen molar-refractivity contribution in [2.45, 2.75) is 43.7 Å². The fourth-order valence-corrected chi connectivity index (χ4v) is 3.95. The zero-order chi connectivity index (χ0) is 20.3. The maximum Gasteiger partial charge on any atom is 0.324 e. The summed E-state index contributed by atoms with van der Waals surface area (Å²) in [4.78, 5) is 24.0. The molecule has 10 heteroatoms. The Morgan fingerprint density at radius 3 is 2.50 bits per heavy atom. The monoisotopic (exact) mass is 412 g/mol. The Bertz CT molecular complexity index is 849. The number of hydrogen-bond donors (Lipinski definition) is 2. The number of rotatable bonds is 8. The Labute approximate surface area is 163 Å². The molecule has 1 aliphatic carbocycles. The fraction of sp³-hybridized carbons (Fsp3) is 0.556. The van der Waals surface area contributed by atoms with Crippen molar-refractivity contribution in [3.05, 3.63) is 18.2 Å². The highest BCUT2D eigenvalue weighted by Crippen LogP contribution is 2.32. The molecule has 0 saturated heterocycles. The van der Waals surface area contributed by atoms with Crippen LogP contribution in [-0.4, -0.2) is 52.2 Å². The van der Waals surface area contributed by atoms with Crippen molar-refractivity contribution in [3.63, 3.8) is 0 Å². The predicted molar refractivity (Wildman–Crippen MR) is 98.5 cm³/mol. The van der Waals surface area contributed by atoms with Crippen LogP contribution < -0.4 is 19.5 Å². The number of nitrogens with one attached hydrogen (secondary N) is 2. The van der Waals surface area contributed by atoms with Gasteiger partial charge in [-0.25, -0.2) is 8.42 Å². The van der Waals surface area contributed by atoms with Gasteiger partial charge in [0, 0.05) is 12.1 Å². The van der Waals surface area contributed by atoms with E-state index in [9.17, 15) is 18.0 Å². The number of carbonyl (C=O) groups excluding carboxylic acids is 2. The van der Waals surface area contributed by atoms with E-state index < -0.39 is 34.5 Å². The van der Waals surface area contributed by atoms with E-state index in [-0.39, 0.29) is 16.9 Å². The van der Waals surface area contributed by atoms with E-state index >= 15 is 0 Å². The van der Waals surface area contributed by atoms with Crippen LogP contribution in [0.2, 0.25) is 0 Å². The summed E-state index contributed by atoms with van der Waals surface area (Å²) >= 11 is 0. The minimum absolute atomic E-state index is 0.0540. The molecule has 0 bridgehead atoms. The summed E-state index contributed by atoms with van der Waals surface area (Å²) in [7, 11) is -4.02. The molecule has 0 spiro atoms. The van der Waals surface area contributed by atoms with Crippen molar-refractivity contribution in [1.29, 1.82) is 0 Å². The van der Waals surface area contributed by atoms with Crippen LogP contribution in [0.1, 0.15) is 26.7 Å². The Balaban J connectivity index is 1.66. The highest BCUT2D eigenvalue weighted by molar-refractivity contribution is 7.89. The molecule has 0 unspecified atom stereocenters. The molecule has 0 aromatic heterocycles. The Morgan fingerprint density at radius 1 is 1.18 bits per heavy atom. The number of esters is 1. The number of hydrogen-bond acceptors (Lipinski definition) is 7. The van der Waals surface area contributed by atoms with Crippen LogP contribution in [0, 0.1) is 5.92 Å². The average Bonchev–Trinajstić information content (AvgIpc) is 3.47. The summed E-state index contributed by atoms with van der Waals surface area (Å²) in [6, 6.07) is 3.26. The third kappa shape index (κ3) is 5.14. The molecule has 1 aromatic rings.